The van der Waals surface area contributed by atoms with Crippen molar-refractivity contribution in [1.29, 1.82) is 0 Å². The van der Waals surface area contributed by atoms with Gasteiger partial charge in [0.25, 0.3) is 10.1 Å². The second kappa shape index (κ2) is 7.65. The van der Waals surface area contributed by atoms with Crippen molar-refractivity contribution in [2.45, 2.75) is 26.2 Å². The molecule has 128 valence electrons. The van der Waals surface area contributed by atoms with E-state index >= 15 is 0 Å². The molecule has 0 aliphatic carbocycles. The third-order valence-electron chi connectivity index (χ3n) is 3.27. The Morgan fingerprint density at radius 2 is 1.78 bits per heavy atom. The maximum atomic E-state index is 11.5. The summed E-state index contributed by atoms with van der Waals surface area (Å²) in [5.41, 5.74) is 1.75. The first-order valence-electron chi connectivity index (χ1n) is 7.30. The summed E-state index contributed by atoms with van der Waals surface area (Å²) in [6.07, 6.45) is 2.12. The van der Waals surface area contributed by atoms with Gasteiger partial charge in [-0.3, -0.25) is 8.98 Å². The van der Waals surface area contributed by atoms with E-state index in [1.807, 2.05) is 6.07 Å². The summed E-state index contributed by atoms with van der Waals surface area (Å²) < 4.78 is 42.5. The molecular formula is C15H20O7S. The minimum Gasteiger partial charge on any atom is -0.466 e. The molecule has 0 saturated heterocycles. The normalized spacial score (nSPS) is 13.1. The number of carbonyl (C=O) groups excluding carboxylic acids is 1. The Morgan fingerprint density at radius 1 is 1.17 bits per heavy atom. The number of esters is 1. The van der Waals surface area contributed by atoms with Gasteiger partial charge in [-0.25, -0.2) is 0 Å². The average molecular weight is 344 g/mol. The Morgan fingerprint density at radius 3 is 2.35 bits per heavy atom. The summed E-state index contributed by atoms with van der Waals surface area (Å²) in [4.78, 5) is 11.5. The Hall–Kier alpha value is -1.80. The highest BCUT2D eigenvalue weighted by molar-refractivity contribution is 7.85. The molecule has 1 aliphatic heterocycles. The summed E-state index contributed by atoms with van der Waals surface area (Å²) in [6.45, 7) is 2.28. The van der Waals surface area contributed by atoms with Gasteiger partial charge in [0.2, 0.25) is 6.79 Å². The number of fused-ring (bicyclic) bond motifs is 1. The number of rotatable bonds is 8. The third kappa shape index (κ3) is 5.40. The van der Waals surface area contributed by atoms with Crippen LogP contribution in [0.3, 0.4) is 0 Å². The van der Waals surface area contributed by atoms with Gasteiger partial charge in [0.1, 0.15) is 0 Å². The molecule has 1 aromatic rings. The van der Waals surface area contributed by atoms with Gasteiger partial charge in [-0.15, -0.1) is 0 Å². The fourth-order valence-electron chi connectivity index (χ4n) is 2.26. The lowest BCUT2D eigenvalue weighted by Gasteiger charge is -2.11. The fraction of sp³-hybridized carbons (Fsp3) is 0.533. The molecule has 1 heterocycles. The first kappa shape index (κ1) is 17.6. The monoisotopic (exact) mass is 344 g/mol. The van der Waals surface area contributed by atoms with Crippen LogP contribution in [0.25, 0.3) is 0 Å². The van der Waals surface area contributed by atoms with Gasteiger partial charge in [-0.1, -0.05) is 0 Å². The molecule has 0 N–H and O–H groups in total. The largest absolute Gasteiger partial charge is 0.466 e. The number of ether oxygens (including phenoxy) is 3. The molecule has 0 spiro atoms. The standard InChI is InChI=1S/C15H20O7S/c1-3-19-15(16)5-4-11-8-13-14(21-10-20-13)9-12(11)6-7-22-23(2,17)18/h8-9H,3-7,10H2,1-2H3. The molecule has 1 aromatic carbocycles. The molecule has 7 nitrogen and oxygen atoms in total. The van der Waals surface area contributed by atoms with Crippen molar-refractivity contribution >= 4 is 16.1 Å². The van der Waals surface area contributed by atoms with Crippen LogP contribution in [0.4, 0.5) is 0 Å². The van der Waals surface area contributed by atoms with Crippen LogP contribution in [0, 0.1) is 0 Å². The van der Waals surface area contributed by atoms with E-state index in [-0.39, 0.29) is 25.8 Å². The maximum Gasteiger partial charge on any atom is 0.306 e. The van der Waals surface area contributed by atoms with Crippen LogP contribution in [0.5, 0.6) is 11.5 Å². The molecule has 8 heteroatoms. The Kier molecular flexibility index (Phi) is 5.84. The minimum atomic E-state index is -3.48. The Labute approximate surface area is 135 Å². The van der Waals surface area contributed by atoms with Gasteiger partial charge < -0.3 is 14.2 Å². The Bertz CT molecular complexity index is 667. The third-order valence-corrected chi connectivity index (χ3v) is 3.86. The zero-order valence-corrected chi connectivity index (χ0v) is 14.0. The van der Waals surface area contributed by atoms with Gasteiger partial charge in [0.05, 0.1) is 19.5 Å². The second-order valence-corrected chi connectivity index (χ2v) is 6.70. The van der Waals surface area contributed by atoms with Crippen molar-refractivity contribution in [1.82, 2.24) is 0 Å². The SMILES string of the molecule is CCOC(=O)CCc1cc2c(cc1CCOS(C)(=O)=O)OCO2. The molecular weight excluding hydrogens is 324 g/mol. The van der Waals surface area contributed by atoms with E-state index in [4.69, 9.17) is 18.4 Å². The van der Waals surface area contributed by atoms with E-state index in [0.717, 1.165) is 17.4 Å². The summed E-state index contributed by atoms with van der Waals surface area (Å²) in [5.74, 6) is 0.958. The predicted molar refractivity (Wildman–Crippen MR) is 82.0 cm³/mol. The molecule has 0 amide bonds. The van der Waals surface area contributed by atoms with Gasteiger partial charge in [-0.05, 0) is 43.0 Å². The summed E-state index contributed by atoms with van der Waals surface area (Å²) in [6, 6.07) is 3.62. The summed E-state index contributed by atoms with van der Waals surface area (Å²) >= 11 is 0. The molecule has 0 saturated carbocycles. The van der Waals surface area contributed by atoms with Crippen molar-refractivity contribution in [3.8, 4) is 11.5 Å². The van der Waals surface area contributed by atoms with Crippen LogP contribution in [0.2, 0.25) is 0 Å². The zero-order chi connectivity index (χ0) is 16.9. The highest BCUT2D eigenvalue weighted by atomic mass is 32.2. The van der Waals surface area contributed by atoms with E-state index in [1.54, 1.807) is 13.0 Å². The van der Waals surface area contributed by atoms with Crippen LogP contribution in [-0.4, -0.2) is 40.6 Å². The first-order valence-corrected chi connectivity index (χ1v) is 9.12. The van der Waals surface area contributed by atoms with Gasteiger partial charge in [-0.2, -0.15) is 8.42 Å². The highest BCUT2D eigenvalue weighted by Crippen LogP contribution is 2.35. The summed E-state index contributed by atoms with van der Waals surface area (Å²) in [7, 11) is -3.48. The zero-order valence-electron chi connectivity index (χ0n) is 13.2. The van der Waals surface area contributed by atoms with Crippen LogP contribution in [-0.2, 0) is 36.7 Å². The van der Waals surface area contributed by atoms with E-state index in [1.165, 1.54) is 0 Å². The first-order chi connectivity index (χ1) is 10.9. The van der Waals surface area contributed by atoms with Crippen LogP contribution in [0.1, 0.15) is 24.5 Å². The van der Waals surface area contributed by atoms with Gasteiger partial charge >= 0.3 is 5.97 Å². The predicted octanol–water partition coefficient (Wildman–Crippen LogP) is 1.43. The average Bonchev–Trinajstić information content (AvgIpc) is 2.91. The lowest BCUT2D eigenvalue weighted by atomic mass is 9.99. The number of carbonyl (C=O) groups is 1. The molecule has 1 aliphatic rings. The van der Waals surface area contributed by atoms with Crippen LogP contribution in [0.15, 0.2) is 12.1 Å². The van der Waals surface area contributed by atoms with Crippen molar-refractivity contribution in [3.63, 3.8) is 0 Å². The van der Waals surface area contributed by atoms with Crippen molar-refractivity contribution in [3.05, 3.63) is 23.3 Å². The van der Waals surface area contributed by atoms with Crippen LogP contribution >= 0.6 is 0 Å². The molecule has 0 radical (unpaired) electrons. The molecule has 0 bridgehead atoms. The van der Waals surface area contributed by atoms with E-state index in [0.29, 0.717) is 30.9 Å². The van der Waals surface area contributed by atoms with E-state index in [2.05, 4.69) is 0 Å². The van der Waals surface area contributed by atoms with Crippen molar-refractivity contribution in [2.24, 2.45) is 0 Å². The number of hydrogen-bond donors (Lipinski definition) is 0. The summed E-state index contributed by atoms with van der Waals surface area (Å²) in [5, 5.41) is 0. The molecule has 0 unspecified atom stereocenters. The van der Waals surface area contributed by atoms with Crippen LogP contribution < -0.4 is 9.47 Å². The topological polar surface area (TPSA) is 88.1 Å². The lowest BCUT2D eigenvalue weighted by Crippen LogP contribution is -2.09. The highest BCUT2D eigenvalue weighted by Gasteiger charge is 2.18. The Balaban J connectivity index is 2.09. The number of hydrogen-bond acceptors (Lipinski definition) is 7. The van der Waals surface area contributed by atoms with Crippen molar-refractivity contribution < 1.29 is 31.6 Å². The number of benzene rings is 1. The number of aryl methyl sites for hydroxylation is 1. The molecule has 0 fully saturated rings. The molecule has 2 rings (SSSR count). The quantitative estimate of drug-likeness (QED) is 0.521. The molecule has 0 atom stereocenters. The fourth-order valence-corrected chi connectivity index (χ4v) is 2.65. The van der Waals surface area contributed by atoms with Gasteiger partial charge in [0.15, 0.2) is 11.5 Å². The lowest BCUT2D eigenvalue weighted by molar-refractivity contribution is -0.143. The maximum absolute atomic E-state index is 11.5. The smallest absolute Gasteiger partial charge is 0.306 e. The van der Waals surface area contributed by atoms with Crippen molar-refractivity contribution in [2.75, 3.05) is 26.3 Å². The van der Waals surface area contributed by atoms with Gasteiger partial charge in [0, 0.05) is 6.42 Å². The molecule has 23 heavy (non-hydrogen) atoms. The minimum absolute atomic E-state index is 0.0326. The second-order valence-electron chi connectivity index (χ2n) is 5.06. The van der Waals surface area contributed by atoms with E-state index < -0.39 is 10.1 Å². The van der Waals surface area contributed by atoms with E-state index in [9.17, 15) is 13.2 Å². The molecule has 0 aromatic heterocycles.